The van der Waals surface area contributed by atoms with E-state index in [1.54, 1.807) is 13.0 Å². The van der Waals surface area contributed by atoms with E-state index in [0.29, 0.717) is 37.8 Å². The highest BCUT2D eigenvalue weighted by molar-refractivity contribution is 5.92. The number of nitrogens with zero attached hydrogens (tertiary/aromatic N) is 5. The van der Waals surface area contributed by atoms with E-state index in [0.717, 1.165) is 31.6 Å². The molecule has 1 aromatic rings. The van der Waals surface area contributed by atoms with Crippen molar-refractivity contribution in [2.24, 2.45) is 0 Å². The van der Waals surface area contributed by atoms with E-state index in [4.69, 9.17) is 0 Å². The number of aromatic nitrogens is 2. The fraction of sp³-hybridized carbons (Fsp3) is 0.625. The van der Waals surface area contributed by atoms with Gasteiger partial charge in [0.2, 0.25) is 11.9 Å². The number of rotatable bonds is 2. The van der Waals surface area contributed by atoms with Crippen LogP contribution < -0.4 is 4.90 Å². The van der Waals surface area contributed by atoms with Crippen molar-refractivity contribution >= 4 is 17.8 Å². The molecule has 7 nitrogen and oxygen atoms in total. The quantitative estimate of drug-likeness (QED) is 0.803. The molecule has 0 unspecified atom stereocenters. The number of hydrogen-bond donors (Lipinski definition) is 0. The molecule has 0 saturated carbocycles. The lowest BCUT2D eigenvalue weighted by atomic mass is 10.3. The minimum atomic E-state index is -0.00313. The van der Waals surface area contributed by atoms with Crippen LogP contribution in [0, 0.1) is 6.92 Å². The van der Waals surface area contributed by atoms with Crippen LogP contribution in [0.4, 0.5) is 5.95 Å². The standard InChI is InChI=1S/C16H23N5O2/c1-12-11-14(15(23)20-5-3-4-6-20)18-16(17-12)21-9-7-19(8-10-21)13(2)22/h11H,3-10H2,1-2H3. The Bertz CT molecular complexity index is 604. The number of carbonyl (C=O) groups excluding carboxylic acids is 2. The van der Waals surface area contributed by atoms with Gasteiger partial charge in [-0.3, -0.25) is 9.59 Å². The van der Waals surface area contributed by atoms with Gasteiger partial charge in [0.25, 0.3) is 5.91 Å². The molecule has 124 valence electrons. The van der Waals surface area contributed by atoms with Gasteiger partial charge < -0.3 is 14.7 Å². The third-order valence-corrected chi connectivity index (χ3v) is 4.46. The zero-order chi connectivity index (χ0) is 16.4. The summed E-state index contributed by atoms with van der Waals surface area (Å²) in [6.07, 6.45) is 2.13. The molecule has 2 fully saturated rings. The summed E-state index contributed by atoms with van der Waals surface area (Å²) < 4.78 is 0. The number of piperazine rings is 1. The molecule has 2 aliphatic heterocycles. The van der Waals surface area contributed by atoms with Gasteiger partial charge in [0.05, 0.1) is 0 Å². The molecule has 1 aromatic heterocycles. The summed E-state index contributed by atoms with van der Waals surface area (Å²) in [5.74, 6) is 0.687. The van der Waals surface area contributed by atoms with Crippen LogP contribution in [0.2, 0.25) is 0 Å². The zero-order valence-corrected chi connectivity index (χ0v) is 13.8. The lowest BCUT2D eigenvalue weighted by molar-refractivity contribution is -0.129. The van der Waals surface area contributed by atoms with Gasteiger partial charge in [0.1, 0.15) is 5.69 Å². The summed E-state index contributed by atoms with van der Waals surface area (Å²) in [7, 11) is 0. The Morgan fingerprint density at radius 1 is 0.957 bits per heavy atom. The first-order valence-corrected chi connectivity index (χ1v) is 8.20. The van der Waals surface area contributed by atoms with Crippen molar-refractivity contribution in [1.82, 2.24) is 19.8 Å². The van der Waals surface area contributed by atoms with Crippen molar-refractivity contribution in [3.8, 4) is 0 Å². The summed E-state index contributed by atoms with van der Waals surface area (Å²) in [4.78, 5) is 38.7. The fourth-order valence-electron chi connectivity index (χ4n) is 3.11. The van der Waals surface area contributed by atoms with Crippen LogP contribution in [0.3, 0.4) is 0 Å². The maximum atomic E-state index is 12.5. The predicted octanol–water partition coefficient (Wildman–Crippen LogP) is 0.690. The molecule has 2 saturated heterocycles. The number of likely N-dealkylation sites (tertiary alicyclic amines) is 1. The molecule has 23 heavy (non-hydrogen) atoms. The van der Waals surface area contributed by atoms with Crippen LogP contribution in [0.25, 0.3) is 0 Å². The van der Waals surface area contributed by atoms with Gasteiger partial charge in [0, 0.05) is 51.9 Å². The fourth-order valence-corrected chi connectivity index (χ4v) is 3.11. The SMILES string of the molecule is CC(=O)N1CCN(c2nc(C)cc(C(=O)N3CCCC3)n2)CC1. The van der Waals surface area contributed by atoms with Crippen LogP contribution in [-0.4, -0.2) is 70.9 Å². The van der Waals surface area contributed by atoms with E-state index >= 15 is 0 Å². The third-order valence-electron chi connectivity index (χ3n) is 4.46. The first kappa shape index (κ1) is 15.7. The average molecular weight is 317 g/mol. The number of carbonyl (C=O) groups is 2. The lowest BCUT2D eigenvalue weighted by Gasteiger charge is -2.34. The van der Waals surface area contributed by atoms with Crippen molar-refractivity contribution in [2.45, 2.75) is 26.7 Å². The molecule has 0 aromatic carbocycles. The highest BCUT2D eigenvalue weighted by Gasteiger charge is 2.24. The molecule has 0 radical (unpaired) electrons. The Hall–Kier alpha value is -2.18. The molecule has 0 bridgehead atoms. The molecule has 7 heteroatoms. The van der Waals surface area contributed by atoms with E-state index in [2.05, 4.69) is 9.97 Å². The Labute approximate surface area is 136 Å². The third kappa shape index (κ3) is 3.43. The van der Waals surface area contributed by atoms with Gasteiger partial charge in [-0.15, -0.1) is 0 Å². The van der Waals surface area contributed by atoms with Crippen molar-refractivity contribution < 1.29 is 9.59 Å². The molecular weight excluding hydrogens is 294 g/mol. The maximum Gasteiger partial charge on any atom is 0.272 e. The van der Waals surface area contributed by atoms with Gasteiger partial charge in [0.15, 0.2) is 0 Å². The first-order valence-electron chi connectivity index (χ1n) is 8.20. The zero-order valence-electron chi connectivity index (χ0n) is 13.8. The monoisotopic (exact) mass is 317 g/mol. The summed E-state index contributed by atoms with van der Waals surface area (Å²) in [5.41, 5.74) is 1.27. The minimum Gasteiger partial charge on any atom is -0.339 e. The summed E-state index contributed by atoms with van der Waals surface area (Å²) in [6, 6.07) is 1.76. The first-order chi connectivity index (χ1) is 11.0. The Kier molecular flexibility index (Phi) is 4.45. The summed E-state index contributed by atoms with van der Waals surface area (Å²) >= 11 is 0. The van der Waals surface area contributed by atoms with E-state index in [-0.39, 0.29) is 11.8 Å². The summed E-state index contributed by atoms with van der Waals surface area (Å²) in [6.45, 7) is 7.83. The van der Waals surface area contributed by atoms with Crippen molar-refractivity contribution in [3.63, 3.8) is 0 Å². The van der Waals surface area contributed by atoms with Crippen molar-refractivity contribution in [3.05, 3.63) is 17.5 Å². The van der Waals surface area contributed by atoms with E-state index in [1.165, 1.54) is 0 Å². The van der Waals surface area contributed by atoms with Gasteiger partial charge in [-0.2, -0.15) is 0 Å². The summed E-state index contributed by atoms with van der Waals surface area (Å²) in [5, 5.41) is 0. The molecule has 3 rings (SSSR count). The average Bonchev–Trinajstić information content (AvgIpc) is 3.08. The number of amides is 2. The number of aryl methyl sites for hydroxylation is 1. The van der Waals surface area contributed by atoms with Crippen molar-refractivity contribution in [1.29, 1.82) is 0 Å². The molecular formula is C16H23N5O2. The molecule has 2 aliphatic rings. The van der Waals surface area contributed by atoms with Crippen LogP contribution in [-0.2, 0) is 4.79 Å². The number of anilines is 1. The maximum absolute atomic E-state index is 12.5. The van der Waals surface area contributed by atoms with Gasteiger partial charge in [-0.1, -0.05) is 0 Å². The second-order valence-corrected chi connectivity index (χ2v) is 6.19. The predicted molar refractivity (Wildman–Crippen MR) is 86.4 cm³/mol. The second kappa shape index (κ2) is 6.52. The van der Waals surface area contributed by atoms with Crippen LogP contribution >= 0.6 is 0 Å². The number of hydrogen-bond acceptors (Lipinski definition) is 5. The molecule has 0 atom stereocenters. The van der Waals surface area contributed by atoms with Gasteiger partial charge >= 0.3 is 0 Å². The van der Waals surface area contributed by atoms with Crippen molar-refractivity contribution in [2.75, 3.05) is 44.2 Å². The molecule has 2 amide bonds. The Balaban J connectivity index is 1.75. The molecule has 0 aliphatic carbocycles. The lowest BCUT2D eigenvalue weighted by Crippen LogP contribution is -2.48. The van der Waals surface area contributed by atoms with Gasteiger partial charge in [-0.05, 0) is 25.8 Å². The van der Waals surface area contributed by atoms with E-state index in [1.807, 2.05) is 21.6 Å². The minimum absolute atomic E-state index is 0.00313. The normalized spacial score (nSPS) is 18.4. The van der Waals surface area contributed by atoms with E-state index < -0.39 is 0 Å². The van der Waals surface area contributed by atoms with Crippen LogP contribution in [0.15, 0.2) is 6.07 Å². The Morgan fingerprint density at radius 3 is 2.22 bits per heavy atom. The topological polar surface area (TPSA) is 69.6 Å². The molecule has 3 heterocycles. The van der Waals surface area contributed by atoms with Gasteiger partial charge in [-0.25, -0.2) is 9.97 Å². The highest BCUT2D eigenvalue weighted by atomic mass is 16.2. The smallest absolute Gasteiger partial charge is 0.272 e. The van der Waals surface area contributed by atoms with Crippen LogP contribution in [0.1, 0.15) is 35.9 Å². The highest BCUT2D eigenvalue weighted by Crippen LogP contribution is 2.16. The molecule has 0 N–H and O–H groups in total. The molecule has 0 spiro atoms. The Morgan fingerprint density at radius 2 is 1.61 bits per heavy atom. The second-order valence-electron chi connectivity index (χ2n) is 6.19. The van der Waals surface area contributed by atoms with E-state index in [9.17, 15) is 9.59 Å². The van der Waals surface area contributed by atoms with Crippen LogP contribution in [0.5, 0.6) is 0 Å². The largest absolute Gasteiger partial charge is 0.339 e.